The highest BCUT2D eigenvalue weighted by Crippen LogP contribution is 2.29. The van der Waals surface area contributed by atoms with Crippen LogP contribution in [0.3, 0.4) is 0 Å². The minimum atomic E-state index is 0.755. The molecule has 0 bridgehead atoms. The Morgan fingerprint density at radius 2 is 1.95 bits per heavy atom. The van der Waals surface area contributed by atoms with Crippen LogP contribution in [0.15, 0.2) is 0 Å². The first-order valence-electron chi connectivity index (χ1n) is 8.71. The van der Waals surface area contributed by atoms with Crippen molar-refractivity contribution in [2.45, 2.75) is 71.5 Å². The van der Waals surface area contributed by atoms with Gasteiger partial charge in [-0.1, -0.05) is 27.2 Å². The largest absolute Gasteiger partial charge is 0.298 e. The van der Waals surface area contributed by atoms with E-state index in [0.29, 0.717) is 0 Å². The Hall–Kier alpha value is 0.270. The van der Waals surface area contributed by atoms with Crippen molar-refractivity contribution in [2.75, 3.05) is 31.1 Å². The first-order valence-corrected chi connectivity index (χ1v) is 9.86. The number of hydrogen-bond acceptors (Lipinski definition) is 3. The molecule has 3 unspecified atom stereocenters. The monoisotopic (exact) mass is 298 g/mol. The highest BCUT2D eigenvalue weighted by atomic mass is 32.2. The lowest BCUT2D eigenvalue weighted by atomic mass is 9.90. The molecule has 3 heteroatoms. The van der Waals surface area contributed by atoms with Gasteiger partial charge in [0.05, 0.1) is 0 Å². The van der Waals surface area contributed by atoms with Gasteiger partial charge in [0.1, 0.15) is 0 Å². The Kier molecular flexibility index (Phi) is 6.70. The van der Waals surface area contributed by atoms with E-state index < -0.39 is 0 Å². The summed E-state index contributed by atoms with van der Waals surface area (Å²) in [6, 6.07) is 2.37. The molecule has 2 aliphatic heterocycles. The second-order valence-corrected chi connectivity index (χ2v) is 8.38. The minimum Gasteiger partial charge on any atom is -0.298 e. The van der Waals surface area contributed by atoms with Crippen LogP contribution in [-0.4, -0.2) is 59.1 Å². The molecule has 0 spiro atoms. The number of piperazine rings is 1. The minimum absolute atomic E-state index is 0.755. The van der Waals surface area contributed by atoms with Crippen LogP contribution in [0.5, 0.6) is 0 Å². The second-order valence-electron chi connectivity index (χ2n) is 6.99. The maximum absolute atomic E-state index is 2.85. The molecule has 0 saturated carbocycles. The van der Waals surface area contributed by atoms with Gasteiger partial charge in [-0.2, -0.15) is 11.8 Å². The molecule has 0 aromatic heterocycles. The van der Waals surface area contributed by atoms with E-state index in [-0.39, 0.29) is 0 Å². The Labute approximate surface area is 130 Å². The molecule has 0 N–H and O–H groups in total. The zero-order chi connectivity index (χ0) is 14.5. The van der Waals surface area contributed by atoms with Gasteiger partial charge in [-0.25, -0.2) is 0 Å². The van der Waals surface area contributed by atoms with Crippen LogP contribution < -0.4 is 0 Å². The van der Waals surface area contributed by atoms with Crippen LogP contribution in [-0.2, 0) is 0 Å². The topological polar surface area (TPSA) is 6.48 Å². The molecule has 118 valence electrons. The van der Waals surface area contributed by atoms with E-state index in [1.807, 2.05) is 0 Å². The highest BCUT2D eigenvalue weighted by Gasteiger charge is 2.37. The van der Waals surface area contributed by atoms with Crippen molar-refractivity contribution in [1.29, 1.82) is 0 Å². The highest BCUT2D eigenvalue weighted by molar-refractivity contribution is 7.99. The smallest absolute Gasteiger partial charge is 0.0249 e. The van der Waals surface area contributed by atoms with Crippen LogP contribution in [0.4, 0.5) is 0 Å². The third-order valence-electron chi connectivity index (χ3n) is 5.24. The third-order valence-corrected chi connectivity index (χ3v) is 6.17. The molecule has 0 amide bonds. The average molecular weight is 299 g/mol. The average Bonchev–Trinajstić information content (AvgIpc) is 2.46. The lowest BCUT2D eigenvalue weighted by molar-refractivity contribution is -0.0268. The third kappa shape index (κ3) is 4.14. The zero-order valence-corrected chi connectivity index (χ0v) is 14.8. The van der Waals surface area contributed by atoms with Gasteiger partial charge < -0.3 is 0 Å². The molecule has 2 saturated heterocycles. The first kappa shape index (κ1) is 16.6. The van der Waals surface area contributed by atoms with Gasteiger partial charge in [0.15, 0.2) is 0 Å². The molecule has 2 aliphatic rings. The Morgan fingerprint density at radius 3 is 2.65 bits per heavy atom. The van der Waals surface area contributed by atoms with Crippen molar-refractivity contribution in [2.24, 2.45) is 5.92 Å². The van der Waals surface area contributed by atoms with Gasteiger partial charge in [-0.3, -0.25) is 9.80 Å². The quantitative estimate of drug-likeness (QED) is 0.690. The Bertz CT molecular complexity index is 282. The summed E-state index contributed by atoms with van der Waals surface area (Å²) in [6.45, 7) is 13.5. The van der Waals surface area contributed by atoms with E-state index in [9.17, 15) is 0 Å². The lowest BCUT2D eigenvalue weighted by Gasteiger charge is -2.51. The number of nitrogens with zero attached hydrogens (tertiary/aromatic N) is 2. The van der Waals surface area contributed by atoms with Crippen molar-refractivity contribution in [1.82, 2.24) is 9.80 Å². The molecule has 3 atom stereocenters. The molecule has 0 radical (unpaired) electrons. The normalized spacial score (nSPS) is 30.4. The first-order chi connectivity index (χ1) is 9.63. The van der Waals surface area contributed by atoms with Crippen LogP contribution in [0.1, 0.15) is 53.4 Å². The predicted octanol–water partition coefficient (Wildman–Crippen LogP) is 3.71. The maximum Gasteiger partial charge on any atom is 0.0249 e. The number of hydrogen-bond donors (Lipinski definition) is 0. The van der Waals surface area contributed by atoms with Crippen LogP contribution in [0.2, 0.25) is 0 Å². The summed E-state index contributed by atoms with van der Waals surface area (Å²) in [7, 11) is 0. The Balaban J connectivity index is 1.96. The summed E-state index contributed by atoms with van der Waals surface area (Å²) in [4.78, 5) is 5.64. The van der Waals surface area contributed by atoms with Crippen molar-refractivity contribution in [3.05, 3.63) is 0 Å². The summed E-state index contributed by atoms with van der Waals surface area (Å²) >= 11 is 2.10. The summed E-state index contributed by atoms with van der Waals surface area (Å²) in [5.41, 5.74) is 0. The molecule has 20 heavy (non-hydrogen) atoms. The van der Waals surface area contributed by atoms with E-state index in [1.54, 1.807) is 0 Å². The summed E-state index contributed by atoms with van der Waals surface area (Å²) in [6.07, 6.45) is 5.65. The standard InChI is InChI=1S/C17H34N2S/c1-5-20-11-9-15(4)19-12-16-8-6-7-10-18(16)13-17(19)14(2)3/h14-17H,5-13H2,1-4H3. The van der Waals surface area contributed by atoms with Crippen molar-refractivity contribution in [3.8, 4) is 0 Å². The van der Waals surface area contributed by atoms with Gasteiger partial charge in [0.2, 0.25) is 0 Å². The second kappa shape index (κ2) is 8.05. The molecular weight excluding hydrogens is 264 g/mol. The van der Waals surface area contributed by atoms with Gasteiger partial charge in [-0.05, 0) is 50.2 Å². The Morgan fingerprint density at radius 1 is 1.15 bits per heavy atom. The fraction of sp³-hybridized carbons (Fsp3) is 1.00. The molecule has 2 nitrogen and oxygen atoms in total. The van der Waals surface area contributed by atoms with E-state index in [1.165, 1.54) is 56.8 Å². The van der Waals surface area contributed by atoms with Gasteiger partial charge in [-0.15, -0.1) is 0 Å². The molecule has 2 heterocycles. The number of rotatable bonds is 6. The van der Waals surface area contributed by atoms with Gasteiger partial charge >= 0.3 is 0 Å². The molecule has 2 rings (SSSR count). The summed E-state index contributed by atoms with van der Waals surface area (Å²) in [5, 5.41) is 0. The zero-order valence-electron chi connectivity index (χ0n) is 14.0. The van der Waals surface area contributed by atoms with Crippen LogP contribution in [0.25, 0.3) is 0 Å². The lowest BCUT2D eigenvalue weighted by Crippen LogP contribution is -2.62. The molecule has 0 aromatic carbocycles. The van der Waals surface area contributed by atoms with Gasteiger partial charge in [0, 0.05) is 31.2 Å². The van der Waals surface area contributed by atoms with Crippen LogP contribution >= 0.6 is 11.8 Å². The molecule has 2 fully saturated rings. The molecular formula is C17H34N2S. The summed E-state index contributed by atoms with van der Waals surface area (Å²) in [5.74, 6) is 3.36. The van der Waals surface area contributed by atoms with E-state index >= 15 is 0 Å². The van der Waals surface area contributed by atoms with E-state index in [4.69, 9.17) is 0 Å². The maximum atomic E-state index is 2.85. The van der Waals surface area contributed by atoms with Crippen molar-refractivity contribution < 1.29 is 0 Å². The van der Waals surface area contributed by atoms with Crippen molar-refractivity contribution >= 4 is 11.8 Å². The fourth-order valence-corrected chi connectivity index (χ4v) is 4.69. The number of thioether (sulfide) groups is 1. The predicted molar refractivity (Wildman–Crippen MR) is 91.6 cm³/mol. The SMILES string of the molecule is CCSCCC(C)N1CC2CCCCN2CC1C(C)C. The van der Waals surface area contributed by atoms with E-state index in [0.717, 1.165) is 24.0 Å². The number of piperidine rings is 1. The van der Waals surface area contributed by atoms with Crippen LogP contribution in [0, 0.1) is 5.92 Å². The van der Waals surface area contributed by atoms with Crippen molar-refractivity contribution in [3.63, 3.8) is 0 Å². The molecule has 0 aliphatic carbocycles. The fourth-order valence-electron chi connectivity index (χ4n) is 3.90. The number of fused-ring (bicyclic) bond motifs is 1. The summed E-state index contributed by atoms with van der Waals surface area (Å²) < 4.78 is 0. The van der Waals surface area contributed by atoms with E-state index in [2.05, 4.69) is 49.3 Å². The van der Waals surface area contributed by atoms with Gasteiger partial charge in [0.25, 0.3) is 0 Å². The molecule has 0 aromatic rings.